The molecule has 6 nitrogen and oxygen atoms in total. The molecule has 0 radical (unpaired) electrons. The Balaban J connectivity index is 2.90. The van der Waals surface area contributed by atoms with Crippen LogP contribution in [-0.4, -0.2) is 28.7 Å². The molecular weight excluding hydrogens is 332 g/mol. The molecule has 1 rings (SSSR count). The second-order valence-electron chi connectivity index (χ2n) is 7.66. The van der Waals surface area contributed by atoms with Crippen LogP contribution in [0.5, 0.6) is 0 Å². The zero-order valence-corrected chi connectivity index (χ0v) is 16.7. The van der Waals surface area contributed by atoms with Crippen molar-refractivity contribution in [1.82, 2.24) is 4.57 Å². The van der Waals surface area contributed by atoms with E-state index in [-0.39, 0.29) is 5.57 Å². The van der Waals surface area contributed by atoms with Gasteiger partial charge in [0.2, 0.25) is 0 Å². The van der Waals surface area contributed by atoms with Crippen LogP contribution >= 0.6 is 0 Å². The maximum absolute atomic E-state index is 12.1. The summed E-state index contributed by atoms with van der Waals surface area (Å²) in [4.78, 5) is 23.7. The lowest BCUT2D eigenvalue weighted by molar-refractivity contribution is -0.164. The zero-order chi connectivity index (χ0) is 20.1. The SMILES string of the molecule is Cc1cc(C=C(C#N)C(=O)OCC(=O)OC(C)(C)C)c(C)n1CC(C)C. The smallest absolute Gasteiger partial charge is 0.349 e. The summed E-state index contributed by atoms with van der Waals surface area (Å²) in [5.41, 5.74) is 2.00. The molecule has 1 heterocycles. The first kappa shape index (κ1) is 21.5. The molecule has 0 spiro atoms. The number of carbonyl (C=O) groups excluding carboxylic acids is 2. The number of hydrogen-bond acceptors (Lipinski definition) is 5. The third kappa shape index (κ3) is 6.40. The first-order chi connectivity index (χ1) is 11.9. The van der Waals surface area contributed by atoms with Gasteiger partial charge in [0.25, 0.3) is 0 Å². The van der Waals surface area contributed by atoms with E-state index in [0.29, 0.717) is 5.92 Å². The first-order valence-electron chi connectivity index (χ1n) is 8.62. The number of ether oxygens (including phenoxy) is 2. The third-order valence-corrected chi connectivity index (χ3v) is 3.54. The molecule has 0 fully saturated rings. The number of esters is 2. The van der Waals surface area contributed by atoms with Crippen molar-refractivity contribution in [3.63, 3.8) is 0 Å². The lowest BCUT2D eigenvalue weighted by atomic mass is 10.1. The summed E-state index contributed by atoms with van der Waals surface area (Å²) in [6, 6.07) is 3.77. The van der Waals surface area contributed by atoms with Crippen LogP contribution in [0.3, 0.4) is 0 Å². The predicted molar refractivity (Wildman–Crippen MR) is 99.1 cm³/mol. The molecular formula is C20H28N2O4. The van der Waals surface area contributed by atoms with Gasteiger partial charge in [-0.1, -0.05) is 13.8 Å². The number of hydrogen-bond donors (Lipinski definition) is 0. The lowest BCUT2D eigenvalue weighted by Gasteiger charge is -2.19. The fraction of sp³-hybridized carbons (Fsp3) is 0.550. The van der Waals surface area contributed by atoms with Crippen molar-refractivity contribution in [3.8, 4) is 6.07 Å². The molecule has 142 valence electrons. The molecule has 0 amide bonds. The fourth-order valence-corrected chi connectivity index (χ4v) is 2.49. The Labute approximate surface area is 155 Å². The first-order valence-corrected chi connectivity index (χ1v) is 8.62. The van der Waals surface area contributed by atoms with Gasteiger partial charge in [-0.3, -0.25) is 0 Å². The molecule has 0 aliphatic rings. The highest BCUT2D eigenvalue weighted by Gasteiger charge is 2.19. The zero-order valence-electron chi connectivity index (χ0n) is 16.7. The second-order valence-corrected chi connectivity index (χ2v) is 7.66. The van der Waals surface area contributed by atoms with Gasteiger partial charge in [0.05, 0.1) is 0 Å². The maximum atomic E-state index is 12.1. The monoisotopic (exact) mass is 360 g/mol. The van der Waals surface area contributed by atoms with E-state index in [1.165, 1.54) is 6.08 Å². The molecule has 0 saturated carbocycles. The molecule has 0 saturated heterocycles. The molecule has 0 aliphatic heterocycles. The van der Waals surface area contributed by atoms with E-state index in [1.54, 1.807) is 20.8 Å². The Bertz CT molecular complexity index is 743. The van der Waals surface area contributed by atoms with Gasteiger partial charge in [0.1, 0.15) is 17.2 Å². The normalized spacial score (nSPS) is 12.0. The molecule has 0 aromatic carbocycles. The Kier molecular flexibility index (Phi) is 7.19. The van der Waals surface area contributed by atoms with Crippen LogP contribution in [0.25, 0.3) is 6.08 Å². The van der Waals surface area contributed by atoms with Crippen molar-refractivity contribution in [1.29, 1.82) is 5.26 Å². The number of aromatic nitrogens is 1. The van der Waals surface area contributed by atoms with Crippen LogP contribution < -0.4 is 0 Å². The highest BCUT2D eigenvalue weighted by molar-refractivity contribution is 5.98. The van der Waals surface area contributed by atoms with Crippen LogP contribution in [0.15, 0.2) is 11.6 Å². The standard InChI is InChI=1S/C20H28N2O4/c1-13(2)11-22-14(3)8-16(15(22)4)9-17(10-21)19(24)25-12-18(23)26-20(5,6)7/h8-9,13H,11-12H2,1-7H3. The summed E-state index contributed by atoms with van der Waals surface area (Å²) in [6.07, 6.45) is 1.50. The van der Waals surface area contributed by atoms with E-state index in [2.05, 4.69) is 18.4 Å². The van der Waals surface area contributed by atoms with E-state index >= 15 is 0 Å². The quantitative estimate of drug-likeness (QED) is 0.440. The number of nitrogens with zero attached hydrogens (tertiary/aromatic N) is 2. The molecule has 26 heavy (non-hydrogen) atoms. The summed E-state index contributed by atoms with van der Waals surface area (Å²) >= 11 is 0. The Hall–Kier alpha value is -2.55. The topological polar surface area (TPSA) is 81.3 Å². The van der Waals surface area contributed by atoms with E-state index in [1.807, 2.05) is 26.0 Å². The van der Waals surface area contributed by atoms with Crippen LogP contribution in [0.2, 0.25) is 0 Å². The van der Waals surface area contributed by atoms with Gasteiger partial charge in [-0.2, -0.15) is 5.26 Å². The highest BCUT2D eigenvalue weighted by Crippen LogP contribution is 2.20. The number of rotatable bonds is 6. The third-order valence-electron chi connectivity index (χ3n) is 3.54. The summed E-state index contributed by atoms with van der Waals surface area (Å²) in [6.45, 7) is 13.7. The average molecular weight is 360 g/mol. The summed E-state index contributed by atoms with van der Waals surface area (Å²) in [5.74, 6) is -1.02. The Morgan fingerprint density at radius 2 is 1.92 bits per heavy atom. The number of aryl methyl sites for hydroxylation is 1. The van der Waals surface area contributed by atoms with Gasteiger partial charge in [0.15, 0.2) is 6.61 Å². The fourth-order valence-electron chi connectivity index (χ4n) is 2.49. The molecule has 0 bridgehead atoms. The van der Waals surface area contributed by atoms with Gasteiger partial charge in [-0.25, -0.2) is 9.59 Å². The predicted octanol–water partition coefficient (Wildman–Crippen LogP) is 3.55. The van der Waals surface area contributed by atoms with Crippen LogP contribution in [0.1, 0.15) is 51.6 Å². The average Bonchev–Trinajstić information content (AvgIpc) is 2.75. The molecule has 0 N–H and O–H groups in total. The van der Waals surface area contributed by atoms with E-state index in [0.717, 1.165) is 23.5 Å². The molecule has 1 aromatic rings. The van der Waals surface area contributed by atoms with Crippen LogP contribution in [0.4, 0.5) is 0 Å². The van der Waals surface area contributed by atoms with Gasteiger partial charge < -0.3 is 14.0 Å². The van der Waals surface area contributed by atoms with Crippen molar-refractivity contribution in [2.24, 2.45) is 5.92 Å². The summed E-state index contributed by atoms with van der Waals surface area (Å²) in [5, 5.41) is 9.28. The summed E-state index contributed by atoms with van der Waals surface area (Å²) in [7, 11) is 0. The molecule has 1 aromatic heterocycles. The van der Waals surface area contributed by atoms with Crippen LogP contribution in [0, 0.1) is 31.1 Å². The van der Waals surface area contributed by atoms with Crippen molar-refractivity contribution < 1.29 is 19.1 Å². The molecule has 6 heteroatoms. The van der Waals surface area contributed by atoms with Crippen molar-refractivity contribution >= 4 is 18.0 Å². The minimum atomic E-state index is -0.841. The summed E-state index contributed by atoms with van der Waals surface area (Å²) < 4.78 is 12.1. The number of nitriles is 1. The van der Waals surface area contributed by atoms with Gasteiger partial charge >= 0.3 is 11.9 Å². The largest absolute Gasteiger partial charge is 0.457 e. The van der Waals surface area contributed by atoms with Gasteiger partial charge in [0, 0.05) is 17.9 Å². The van der Waals surface area contributed by atoms with E-state index in [4.69, 9.17) is 9.47 Å². The minimum absolute atomic E-state index is 0.154. The minimum Gasteiger partial charge on any atom is -0.457 e. The molecule has 0 aliphatic carbocycles. The van der Waals surface area contributed by atoms with E-state index < -0.39 is 24.1 Å². The van der Waals surface area contributed by atoms with Crippen molar-refractivity contribution in [2.45, 2.75) is 60.6 Å². The van der Waals surface area contributed by atoms with Crippen molar-refractivity contribution in [2.75, 3.05) is 6.61 Å². The van der Waals surface area contributed by atoms with Gasteiger partial charge in [-0.15, -0.1) is 0 Å². The maximum Gasteiger partial charge on any atom is 0.349 e. The van der Waals surface area contributed by atoms with Crippen molar-refractivity contribution in [3.05, 3.63) is 28.6 Å². The molecule has 0 atom stereocenters. The number of carbonyl (C=O) groups is 2. The molecule has 0 unspecified atom stereocenters. The Morgan fingerprint density at radius 1 is 1.31 bits per heavy atom. The van der Waals surface area contributed by atoms with Gasteiger partial charge in [-0.05, 0) is 58.2 Å². The second kappa shape index (κ2) is 8.70. The highest BCUT2D eigenvalue weighted by atomic mass is 16.6. The van der Waals surface area contributed by atoms with E-state index in [9.17, 15) is 14.9 Å². The lowest BCUT2D eigenvalue weighted by Crippen LogP contribution is -2.27. The Morgan fingerprint density at radius 3 is 2.42 bits per heavy atom. The van der Waals surface area contributed by atoms with Crippen LogP contribution in [-0.2, 0) is 25.6 Å².